The Hall–Kier alpha value is -3.66. The van der Waals surface area contributed by atoms with E-state index in [1.807, 2.05) is 43.3 Å². The number of benzene rings is 1. The van der Waals surface area contributed by atoms with Crippen LogP contribution in [0.15, 0.2) is 65.8 Å². The van der Waals surface area contributed by atoms with E-state index in [9.17, 15) is 13.2 Å². The van der Waals surface area contributed by atoms with Crippen LogP contribution in [0.4, 0.5) is 11.5 Å². The van der Waals surface area contributed by atoms with Crippen molar-refractivity contribution in [3.63, 3.8) is 0 Å². The molecule has 4 rings (SSSR count). The number of rotatable bonds is 8. The number of nitrogens with zero attached hydrogens (tertiary/aromatic N) is 4. The lowest BCUT2D eigenvalue weighted by Crippen LogP contribution is -2.43. The Balaban J connectivity index is 1.51. The molecule has 2 aromatic heterocycles. The topological polar surface area (TPSA) is 105 Å². The van der Waals surface area contributed by atoms with E-state index in [0.717, 1.165) is 24.2 Å². The maximum Gasteiger partial charge on any atom is 0.281 e. The zero-order chi connectivity index (χ0) is 26.8. The normalized spacial score (nSPS) is 16.9. The molecule has 1 fully saturated rings. The largest absolute Gasteiger partial charge is 0.473 e. The van der Waals surface area contributed by atoms with E-state index in [2.05, 4.69) is 40.4 Å². The first kappa shape index (κ1) is 26.4. The number of carbonyl (C=O) groups is 1. The Bertz CT molecular complexity index is 1390. The number of carbonyl (C=O) groups excluding carboxylic acids is 1. The van der Waals surface area contributed by atoms with Crippen molar-refractivity contribution in [2.24, 2.45) is 5.92 Å². The predicted molar refractivity (Wildman–Crippen MR) is 143 cm³/mol. The smallest absolute Gasteiger partial charge is 0.281 e. The highest BCUT2D eigenvalue weighted by Gasteiger charge is 2.40. The Morgan fingerprint density at radius 2 is 1.92 bits per heavy atom. The van der Waals surface area contributed by atoms with Gasteiger partial charge >= 0.3 is 0 Å². The van der Waals surface area contributed by atoms with Crippen LogP contribution in [-0.4, -0.2) is 50.5 Å². The summed E-state index contributed by atoms with van der Waals surface area (Å²) in [4.78, 5) is 25.8. The summed E-state index contributed by atoms with van der Waals surface area (Å²) < 4.78 is 34.1. The van der Waals surface area contributed by atoms with E-state index in [-0.39, 0.29) is 28.6 Å². The van der Waals surface area contributed by atoms with Gasteiger partial charge in [0.15, 0.2) is 5.03 Å². The predicted octanol–water partition coefficient (Wildman–Crippen LogP) is 3.87. The zero-order valence-electron chi connectivity index (χ0n) is 21.8. The van der Waals surface area contributed by atoms with Crippen molar-refractivity contribution < 1.29 is 17.9 Å². The zero-order valence-corrected chi connectivity index (χ0v) is 22.6. The van der Waals surface area contributed by atoms with E-state index >= 15 is 0 Å². The number of nitrogens with one attached hydrogen (secondary N) is 1. The molecule has 10 heteroatoms. The second kappa shape index (κ2) is 10.4. The number of pyridine rings is 2. The van der Waals surface area contributed by atoms with Gasteiger partial charge in [-0.25, -0.2) is 9.71 Å². The third-order valence-electron chi connectivity index (χ3n) is 6.99. The standard InChI is InChI=1S/C27H33N5O4S/c1-19-14-16-32(27(19,2)3)25-22(11-8-15-28-25)26(33)30-37(34,35)24-13-7-12-23(29-24)36-18-20-9-6-10-21(17-20)31(4)5/h6-13,15,17,19H,14,16,18H2,1-5H3,(H,30,33). The monoisotopic (exact) mass is 523 g/mol. The van der Waals surface area contributed by atoms with Gasteiger partial charge in [-0.05, 0) is 62.1 Å². The summed E-state index contributed by atoms with van der Waals surface area (Å²) in [5.41, 5.74) is 1.91. The lowest BCUT2D eigenvalue weighted by Gasteiger charge is -2.36. The van der Waals surface area contributed by atoms with Gasteiger partial charge in [-0.1, -0.05) is 25.1 Å². The van der Waals surface area contributed by atoms with Gasteiger partial charge in [0.05, 0.1) is 5.56 Å². The molecule has 1 aliphatic heterocycles. The van der Waals surface area contributed by atoms with Crippen LogP contribution < -0.4 is 19.3 Å². The van der Waals surface area contributed by atoms with Gasteiger partial charge in [0.25, 0.3) is 15.9 Å². The average Bonchev–Trinajstić information content (AvgIpc) is 3.14. The fraction of sp³-hybridized carbons (Fsp3) is 0.370. The number of ether oxygens (including phenoxy) is 1. The van der Waals surface area contributed by atoms with Gasteiger partial charge in [0.1, 0.15) is 12.4 Å². The van der Waals surface area contributed by atoms with Crippen LogP contribution in [0.3, 0.4) is 0 Å². The Labute approximate surface area is 218 Å². The molecule has 1 amide bonds. The number of aromatic nitrogens is 2. The molecule has 1 atom stereocenters. The molecule has 1 N–H and O–H groups in total. The summed E-state index contributed by atoms with van der Waals surface area (Å²) in [6.45, 7) is 7.31. The molecular weight excluding hydrogens is 490 g/mol. The summed E-state index contributed by atoms with van der Waals surface area (Å²) in [6, 6.07) is 15.4. The molecule has 1 saturated heterocycles. The number of anilines is 2. The summed E-state index contributed by atoms with van der Waals surface area (Å²) in [5.74, 6) is 0.244. The van der Waals surface area contributed by atoms with E-state index in [4.69, 9.17) is 4.74 Å². The third kappa shape index (κ3) is 5.69. The van der Waals surface area contributed by atoms with Gasteiger partial charge in [0.2, 0.25) is 5.88 Å². The summed E-state index contributed by atoms with van der Waals surface area (Å²) >= 11 is 0. The maximum absolute atomic E-state index is 13.2. The van der Waals surface area contributed by atoms with Crippen LogP contribution in [0, 0.1) is 5.92 Å². The molecule has 1 aromatic carbocycles. The highest BCUT2D eigenvalue weighted by molar-refractivity contribution is 7.90. The van der Waals surface area contributed by atoms with Gasteiger partial charge in [0, 0.05) is 44.1 Å². The summed E-state index contributed by atoms with van der Waals surface area (Å²) in [5, 5.41) is -0.305. The van der Waals surface area contributed by atoms with Crippen molar-refractivity contribution in [1.82, 2.24) is 14.7 Å². The molecule has 0 bridgehead atoms. The van der Waals surface area contributed by atoms with E-state index < -0.39 is 15.9 Å². The van der Waals surface area contributed by atoms with Gasteiger partial charge in [-0.3, -0.25) is 4.79 Å². The van der Waals surface area contributed by atoms with Crippen LogP contribution in [0.5, 0.6) is 5.88 Å². The molecule has 0 spiro atoms. The first-order valence-corrected chi connectivity index (χ1v) is 13.6. The SMILES string of the molecule is CC1CCN(c2ncccc2C(=O)NS(=O)(=O)c2cccc(OCc3cccc(N(C)C)c3)n2)C1(C)C. The third-order valence-corrected chi connectivity index (χ3v) is 8.22. The van der Waals surface area contributed by atoms with Crippen molar-refractivity contribution in [2.45, 2.75) is 44.4 Å². The molecule has 196 valence electrons. The molecule has 9 nitrogen and oxygen atoms in total. The quantitative estimate of drug-likeness (QED) is 0.475. The number of hydrogen-bond donors (Lipinski definition) is 1. The fourth-order valence-electron chi connectivity index (χ4n) is 4.34. The second-order valence-corrected chi connectivity index (χ2v) is 11.6. The van der Waals surface area contributed by atoms with Gasteiger partial charge in [-0.2, -0.15) is 13.4 Å². The number of hydrogen-bond acceptors (Lipinski definition) is 8. The fourth-order valence-corrected chi connectivity index (χ4v) is 5.26. The summed E-state index contributed by atoms with van der Waals surface area (Å²) in [6.07, 6.45) is 2.56. The minimum Gasteiger partial charge on any atom is -0.473 e. The lowest BCUT2D eigenvalue weighted by atomic mass is 9.90. The van der Waals surface area contributed by atoms with Gasteiger partial charge in [-0.15, -0.1) is 0 Å². The molecule has 1 aliphatic rings. The number of amides is 1. The minimum absolute atomic E-state index is 0.139. The van der Waals surface area contributed by atoms with Crippen molar-refractivity contribution in [1.29, 1.82) is 0 Å². The Kier molecular flexibility index (Phi) is 7.40. The summed E-state index contributed by atoms with van der Waals surface area (Å²) in [7, 11) is -0.355. The molecule has 0 aliphatic carbocycles. The van der Waals surface area contributed by atoms with Crippen LogP contribution in [0.25, 0.3) is 0 Å². The second-order valence-electron chi connectivity index (χ2n) is 9.97. The van der Waals surface area contributed by atoms with E-state index in [1.165, 1.54) is 12.1 Å². The Morgan fingerprint density at radius 1 is 1.16 bits per heavy atom. The molecular formula is C27H33N5O4S. The molecule has 1 unspecified atom stereocenters. The molecule has 0 saturated carbocycles. The van der Waals surface area contributed by atoms with Crippen molar-refractivity contribution >= 4 is 27.4 Å². The maximum atomic E-state index is 13.2. The van der Waals surface area contributed by atoms with E-state index in [0.29, 0.717) is 11.7 Å². The lowest BCUT2D eigenvalue weighted by molar-refractivity contribution is 0.0981. The molecule has 37 heavy (non-hydrogen) atoms. The van der Waals surface area contributed by atoms with Crippen LogP contribution in [-0.2, 0) is 16.6 Å². The highest BCUT2D eigenvalue weighted by Crippen LogP contribution is 2.38. The molecule has 3 heterocycles. The van der Waals surface area contributed by atoms with Gasteiger partial charge < -0.3 is 14.5 Å². The van der Waals surface area contributed by atoms with Crippen molar-refractivity contribution in [3.05, 3.63) is 71.9 Å². The van der Waals surface area contributed by atoms with Crippen molar-refractivity contribution in [3.8, 4) is 5.88 Å². The average molecular weight is 524 g/mol. The molecule has 0 radical (unpaired) electrons. The van der Waals surface area contributed by atoms with Crippen LogP contribution in [0.1, 0.15) is 43.1 Å². The first-order valence-electron chi connectivity index (χ1n) is 12.1. The van der Waals surface area contributed by atoms with Crippen LogP contribution in [0.2, 0.25) is 0 Å². The highest BCUT2D eigenvalue weighted by atomic mass is 32.2. The van der Waals surface area contributed by atoms with Crippen molar-refractivity contribution in [2.75, 3.05) is 30.4 Å². The molecule has 3 aromatic rings. The van der Waals surface area contributed by atoms with Crippen LogP contribution >= 0.6 is 0 Å². The number of sulfonamides is 1. The first-order chi connectivity index (χ1) is 17.5. The van der Waals surface area contributed by atoms with E-state index in [1.54, 1.807) is 24.4 Å². The Morgan fingerprint density at radius 3 is 2.62 bits per heavy atom. The minimum atomic E-state index is -4.25.